The number of likely N-dealkylation sites (tertiary alicyclic amines) is 1. The number of carbonyl (C=O) groups is 4. The van der Waals surface area contributed by atoms with Gasteiger partial charge in [-0.2, -0.15) is 0 Å². The second-order valence-electron chi connectivity index (χ2n) is 13.4. The van der Waals surface area contributed by atoms with Crippen LogP contribution in [-0.2, 0) is 33.4 Å². The molecular weight excluding hydrogens is 696 g/mol. The van der Waals surface area contributed by atoms with Gasteiger partial charge >= 0.3 is 5.97 Å². The van der Waals surface area contributed by atoms with E-state index in [1.54, 1.807) is 30.9 Å². The number of allylic oxidation sites excluding steroid dienone is 1. The molecule has 0 aliphatic carbocycles. The molecule has 5 rings (SSSR count). The van der Waals surface area contributed by atoms with Gasteiger partial charge < -0.3 is 34.4 Å². The van der Waals surface area contributed by atoms with Crippen molar-refractivity contribution in [2.24, 2.45) is 11.8 Å². The van der Waals surface area contributed by atoms with Gasteiger partial charge in [0, 0.05) is 44.0 Å². The first-order valence-corrected chi connectivity index (χ1v) is 18.1. The highest BCUT2D eigenvalue weighted by molar-refractivity contribution is 9.09. The molecule has 1 aromatic carbocycles. The summed E-state index contributed by atoms with van der Waals surface area (Å²) >= 11 is 3.72. The van der Waals surface area contributed by atoms with Gasteiger partial charge in [-0.25, -0.2) is 0 Å². The van der Waals surface area contributed by atoms with Crippen LogP contribution in [0.15, 0.2) is 55.6 Å². The van der Waals surface area contributed by atoms with Gasteiger partial charge in [-0.3, -0.25) is 24.1 Å². The van der Waals surface area contributed by atoms with Gasteiger partial charge in [-0.15, -0.1) is 13.2 Å². The third-order valence-electron chi connectivity index (χ3n) is 10.2. The minimum absolute atomic E-state index is 0.203. The van der Waals surface area contributed by atoms with E-state index in [2.05, 4.69) is 39.3 Å². The molecule has 3 amide bonds. The number of nitrogens with one attached hydrogen (secondary N) is 1. The van der Waals surface area contributed by atoms with E-state index < -0.39 is 59.6 Å². The number of hydrogen-bond donors (Lipinski definition) is 2. The molecule has 1 unspecified atom stereocenters. The molecule has 2 N–H and O–H groups in total. The van der Waals surface area contributed by atoms with Gasteiger partial charge in [0.1, 0.15) is 17.7 Å². The van der Waals surface area contributed by atoms with Gasteiger partial charge in [0.05, 0.1) is 49.8 Å². The SMILES string of the molecule is C=CCCC(=O)N[C@H](C)[C@@H](OC(=O)[C@H]1[C@@H]2O[C@@]3(CC2Br)[C@@H]1C(=O)N([C@H](C)CO)[C@@H]3C(=O)N(CC=C)CCN1CCOCC1)c1ccccc1. The maximum absolute atomic E-state index is 14.6. The van der Waals surface area contributed by atoms with E-state index in [0.29, 0.717) is 44.7 Å². The maximum atomic E-state index is 14.6. The molecule has 0 saturated carbocycles. The average molecular weight is 746 g/mol. The van der Waals surface area contributed by atoms with Crippen molar-refractivity contribution >= 4 is 39.6 Å². The third kappa shape index (κ3) is 7.51. The Bertz CT molecular complexity index is 1380. The van der Waals surface area contributed by atoms with Gasteiger partial charge in [-0.1, -0.05) is 58.4 Å². The molecule has 4 aliphatic heterocycles. The van der Waals surface area contributed by atoms with Crippen molar-refractivity contribution in [2.75, 3.05) is 52.5 Å². The van der Waals surface area contributed by atoms with Crippen molar-refractivity contribution < 1.29 is 38.5 Å². The molecule has 1 aromatic rings. The van der Waals surface area contributed by atoms with Crippen LogP contribution < -0.4 is 5.32 Å². The van der Waals surface area contributed by atoms with Crippen LogP contribution >= 0.6 is 15.9 Å². The Kier molecular flexibility index (Phi) is 12.3. The largest absolute Gasteiger partial charge is 0.455 e. The molecule has 0 aromatic heterocycles. The lowest BCUT2D eigenvalue weighted by atomic mass is 9.70. The standard InChI is InChI=1S/C36H49BrN4O8/c1-5-7-13-27(43)38-24(4)30(25-11-9-8-10-12-25)48-35(46)28-29-33(44)41(23(3)22-42)32(36(29)21-26(37)31(28)49-36)34(45)40(14-6-2)16-15-39-17-19-47-20-18-39/h5-6,8-12,23-24,26,28-32,42H,1-2,7,13-22H2,3-4H3,(H,38,43)/t23-,24-,26?,28-,29+,30-,31-,32-,36+/m1/s1. The van der Waals surface area contributed by atoms with E-state index in [4.69, 9.17) is 14.2 Å². The fourth-order valence-electron chi connectivity index (χ4n) is 7.83. The van der Waals surface area contributed by atoms with Gasteiger partial charge in [-0.05, 0) is 32.3 Å². The third-order valence-corrected chi connectivity index (χ3v) is 11.1. The fourth-order valence-corrected chi connectivity index (χ4v) is 8.77. The highest BCUT2D eigenvalue weighted by Gasteiger charge is 2.77. The second kappa shape index (κ2) is 16.3. The Balaban J connectivity index is 1.44. The summed E-state index contributed by atoms with van der Waals surface area (Å²) in [5, 5.41) is 13.2. The van der Waals surface area contributed by atoms with Crippen LogP contribution in [0.25, 0.3) is 0 Å². The van der Waals surface area contributed by atoms with Crippen LogP contribution in [0.4, 0.5) is 0 Å². The van der Waals surface area contributed by atoms with Crippen LogP contribution in [0.3, 0.4) is 0 Å². The Morgan fingerprint density at radius 2 is 1.90 bits per heavy atom. The molecular formula is C36H49BrN4O8. The topological polar surface area (TPSA) is 138 Å². The minimum Gasteiger partial charge on any atom is -0.455 e. The lowest BCUT2D eigenvalue weighted by Gasteiger charge is -2.39. The predicted octanol–water partition coefficient (Wildman–Crippen LogP) is 2.22. The van der Waals surface area contributed by atoms with Crippen LogP contribution in [0.5, 0.6) is 0 Å². The van der Waals surface area contributed by atoms with E-state index in [0.717, 1.165) is 13.1 Å². The zero-order valence-corrected chi connectivity index (χ0v) is 30.0. The summed E-state index contributed by atoms with van der Waals surface area (Å²) in [6.07, 6.45) is 2.83. The van der Waals surface area contributed by atoms with E-state index in [1.807, 2.05) is 30.3 Å². The Labute approximate surface area is 296 Å². The molecule has 4 saturated heterocycles. The number of benzene rings is 1. The second-order valence-corrected chi connectivity index (χ2v) is 14.6. The number of esters is 1. The number of fused-ring (bicyclic) bond motifs is 1. The van der Waals surface area contributed by atoms with Crippen molar-refractivity contribution in [3.8, 4) is 0 Å². The molecule has 1 spiro atoms. The zero-order chi connectivity index (χ0) is 35.3. The number of morpholine rings is 1. The summed E-state index contributed by atoms with van der Waals surface area (Å²) in [7, 11) is 0. The van der Waals surface area contributed by atoms with Crippen LogP contribution in [0.1, 0.15) is 44.8 Å². The smallest absolute Gasteiger partial charge is 0.313 e. The van der Waals surface area contributed by atoms with Crippen molar-refractivity contribution in [3.05, 3.63) is 61.2 Å². The average Bonchev–Trinajstić information content (AvgIpc) is 3.71. The molecule has 12 nitrogen and oxygen atoms in total. The Morgan fingerprint density at radius 1 is 1.18 bits per heavy atom. The van der Waals surface area contributed by atoms with E-state index >= 15 is 0 Å². The first-order chi connectivity index (χ1) is 23.6. The number of alkyl halides is 1. The number of ether oxygens (including phenoxy) is 3. The molecule has 4 heterocycles. The van der Waals surface area contributed by atoms with Crippen molar-refractivity contribution in [1.29, 1.82) is 0 Å². The molecule has 4 aliphatic rings. The summed E-state index contributed by atoms with van der Waals surface area (Å²) in [4.78, 5) is 61.1. The van der Waals surface area contributed by atoms with Crippen molar-refractivity contribution in [2.45, 2.75) is 73.9 Å². The molecule has 4 fully saturated rings. The lowest BCUT2D eigenvalue weighted by Crippen LogP contribution is -2.59. The zero-order valence-electron chi connectivity index (χ0n) is 28.4. The Morgan fingerprint density at radius 3 is 2.55 bits per heavy atom. The quantitative estimate of drug-likeness (QED) is 0.148. The maximum Gasteiger partial charge on any atom is 0.313 e. The van der Waals surface area contributed by atoms with Gasteiger partial charge in [0.2, 0.25) is 17.7 Å². The van der Waals surface area contributed by atoms with Gasteiger partial charge in [0.15, 0.2) is 0 Å². The monoisotopic (exact) mass is 744 g/mol. The minimum atomic E-state index is -1.31. The number of nitrogens with zero attached hydrogens (tertiary/aromatic N) is 3. The number of aliphatic hydroxyl groups excluding tert-OH is 1. The normalized spacial score (nSPS) is 29.5. The summed E-state index contributed by atoms with van der Waals surface area (Å²) in [5.41, 5.74) is -0.631. The predicted molar refractivity (Wildman–Crippen MR) is 185 cm³/mol. The van der Waals surface area contributed by atoms with Crippen LogP contribution in [-0.4, -0.2) is 131 Å². The summed E-state index contributed by atoms with van der Waals surface area (Å²) < 4.78 is 18.4. The van der Waals surface area contributed by atoms with Crippen LogP contribution in [0, 0.1) is 11.8 Å². The molecule has 0 radical (unpaired) electrons. The van der Waals surface area contributed by atoms with E-state index in [9.17, 15) is 24.3 Å². The molecule has 2 bridgehead atoms. The van der Waals surface area contributed by atoms with Crippen molar-refractivity contribution in [1.82, 2.24) is 20.0 Å². The molecule has 13 heteroatoms. The van der Waals surface area contributed by atoms with Gasteiger partial charge in [0.25, 0.3) is 0 Å². The summed E-state index contributed by atoms with van der Waals surface area (Å²) in [6, 6.07) is 6.78. The number of hydrogen-bond acceptors (Lipinski definition) is 9. The van der Waals surface area contributed by atoms with Crippen LogP contribution in [0.2, 0.25) is 0 Å². The number of aliphatic hydroxyl groups is 1. The van der Waals surface area contributed by atoms with E-state index in [1.165, 1.54) is 4.90 Å². The fraction of sp³-hybridized carbons (Fsp3) is 0.611. The number of amides is 3. The highest BCUT2D eigenvalue weighted by atomic mass is 79.9. The van der Waals surface area contributed by atoms with Crippen molar-refractivity contribution in [3.63, 3.8) is 0 Å². The highest BCUT2D eigenvalue weighted by Crippen LogP contribution is 2.61. The number of rotatable bonds is 16. The van der Waals surface area contributed by atoms with E-state index in [-0.39, 0.29) is 36.2 Å². The number of halogens is 1. The molecule has 49 heavy (non-hydrogen) atoms. The first-order valence-electron chi connectivity index (χ1n) is 17.2. The molecule has 9 atom stereocenters. The lowest BCUT2D eigenvalue weighted by molar-refractivity contribution is -0.162. The first kappa shape index (κ1) is 37.2. The Hall–Kier alpha value is -3.10. The number of carbonyl (C=O) groups excluding carboxylic acids is 4. The molecule has 268 valence electrons. The summed E-state index contributed by atoms with van der Waals surface area (Å²) in [6.45, 7) is 14.7. The summed E-state index contributed by atoms with van der Waals surface area (Å²) in [5.74, 6) is -3.59.